The van der Waals surface area contributed by atoms with Gasteiger partial charge < -0.3 is 19.3 Å². The molecular weight excluding hydrogens is 368 g/mol. The lowest BCUT2D eigenvalue weighted by Crippen LogP contribution is -2.50. The van der Waals surface area contributed by atoms with Crippen LogP contribution in [0.5, 0.6) is 11.5 Å². The maximum absolute atomic E-state index is 12.6. The topological polar surface area (TPSA) is 78.7 Å². The molecule has 150 valence electrons. The summed E-state index contributed by atoms with van der Waals surface area (Å²) in [5.74, 6) is 1.73. The number of anilines is 1. The van der Waals surface area contributed by atoms with Crippen LogP contribution in [0.2, 0.25) is 0 Å². The Bertz CT molecular complexity index is 915. The summed E-state index contributed by atoms with van der Waals surface area (Å²) in [5.41, 5.74) is 1.61. The molecule has 1 fully saturated rings. The van der Waals surface area contributed by atoms with E-state index in [2.05, 4.69) is 17.6 Å². The molecule has 0 unspecified atom stereocenters. The van der Waals surface area contributed by atoms with Crippen LogP contribution in [0, 0.1) is 11.3 Å². The predicted octanol–water partition coefficient (Wildman–Crippen LogP) is 2.42. The highest BCUT2D eigenvalue weighted by Gasteiger charge is 2.23. The fourth-order valence-electron chi connectivity index (χ4n) is 3.26. The molecule has 2 heterocycles. The Labute approximate surface area is 170 Å². The molecule has 2 aromatic rings. The monoisotopic (exact) mass is 392 g/mol. The number of nitriles is 1. The second-order valence-corrected chi connectivity index (χ2v) is 6.62. The highest BCUT2D eigenvalue weighted by Crippen LogP contribution is 2.28. The van der Waals surface area contributed by atoms with Crippen LogP contribution in [-0.2, 0) is 11.2 Å². The molecule has 1 amide bonds. The zero-order valence-corrected chi connectivity index (χ0v) is 16.5. The normalized spacial score (nSPS) is 13.5. The summed E-state index contributed by atoms with van der Waals surface area (Å²) in [4.78, 5) is 20.7. The van der Waals surface area contributed by atoms with Gasteiger partial charge >= 0.3 is 0 Å². The summed E-state index contributed by atoms with van der Waals surface area (Å²) in [6, 6.07) is 11.3. The molecule has 0 atom stereocenters. The third-order valence-electron chi connectivity index (χ3n) is 4.80. The molecule has 0 spiro atoms. The number of ether oxygens (including phenoxy) is 2. The van der Waals surface area contributed by atoms with E-state index in [-0.39, 0.29) is 12.5 Å². The quantitative estimate of drug-likeness (QED) is 0.674. The van der Waals surface area contributed by atoms with Crippen molar-refractivity contribution in [3.05, 3.63) is 60.3 Å². The van der Waals surface area contributed by atoms with Crippen molar-refractivity contribution in [1.82, 2.24) is 9.88 Å². The molecule has 1 aliphatic rings. The highest BCUT2D eigenvalue weighted by molar-refractivity contribution is 5.78. The van der Waals surface area contributed by atoms with E-state index in [4.69, 9.17) is 9.47 Å². The molecule has 1 saturated heterocycles. The molecule has 0 saturated carbocycles. The molecular formula is C22H24N4O3. The van der Waals surface area contributed by atoms with Gasteiger partial charge in [-0.25, -0.2) is 4.98 Å². The summed E-state index contributed by atoms with van der Waals surface area (Å²) in [7, 11) is 1.58. The zero-order chi connectivity index (χ0) is 20.6. The summed E-state index contributed by atoms with van der Waals surface area (Å²) in [6.07, 6.45) is 4.24. The van der Waals surface area contributed by atoms with Crippen molar-refractivity contribution in [2.45, 2.75) is 6.42 Å². The number of pyridine rings is 1. The first-order valence-electron chi connectivity index (χ1n) is 9.44. The van der Waals surface area contributed by atoms with E-state index in [1.807, 2.05) is 29.2 Å². The Morgan fingerprint density at radius 2 is 2.07 bits per heavy atom. The van der Waals surface area contributed by atoms with Gasteiger partial charge in [-0.1, -0.05) is 12.1 Å². The van der Waals surface area contributed by atoms with Gasteiger partial charge in [0, 0.05) is 32.4 Å². The first-order valence-corrected chi connectivity index (χ1v) is 9.44. The van der Waals surface area contributed by atoms with Gasteiger partial charge in [-0.3, -0.25) is 4.79 Å². The first-order chi connectivity index (χ1) is 14.2. The number of benzene rings is 1. The maximum atomic E-state index is 12.6. The van der Waals surface area contributed by atoms with Gasteiger partial charge in [0.05, 0.1) is 12.7 Å². The Balaban J connectivity index is 1.55. The minimum atomic E-state index is -0.0802. The lowest BCUT2D eigenvalue weighted by Gasteiger charge is -2.35. The van der Waals surface area contributed by atoms with Crippen LogP contribution in [0.1, 0.15) is 11.1 Å². The van der Waals surface area contributed by atoms with Gasteiger partial charge in [0.1, 0.15) is 11.9 Å². The standard InChI is InChI=1S/C22H24N4O3/c1-3-5-17-7-8-19(20(14-17)28-2)29-16-21(27)25-10-12-26(13-11-25)22-18(15-23)6-4-9-24-22/h3-4,6-9,14H,1,5,10-13,16H2,2H3. The van der Waals surface area contributed by atoms with Crippen LogP contribution in [0.25, 0.3) is 0 Å². The number of amides is 1. The van der Waals surface area contributed by atoms with Crippen molar-refractivity contribution >= 4 is 11.7 Å². The summed E-state index contributed by atoms with van der Waals surface area (Å²) in [6.45, 7) is 6.04. The second-order valence-electron chi connectivity index (χ2n) is 6.62. The average molecular weight is 392 g/mol. The Hall–Kier alpha value is -3.53. The first kappa shape index (κ1) is 20.2. The van der Waals surface area contributed by atoms with Crippen molar-refractivity contribution in [3.63, 3.8) is 0 Å². The second kappa shape index (κ2) is 9.60. The molecule has 7 nitrogen and oxygen atoms in total. The summed E-state index contributed by atoms with van der Waals surface area (Å²) in [5, 5.41) is 9.24. The molecule has 1 aliphatic heterocycles. The average Bonchev–Trinajstić information content (AvgIpc) is 2.78. The number of aromatic nitrogens is 1. The van der Waals surface area contributed by atoms with E-state index in [0.717, 1.165) is 12.0 Å². The van der Waals surface area contributed by atoms with E-state index in [1.165, 1.54) is 0 Å². The molecule has 0 aliphatic carbocycles. The van der Waals surface area contributed by atoms with Crippen LogP contribution >= 0.6 is 0 Å². The van der Waals surface area contributed by atoms with Crippen LogP contribution in [0.15, 0.2) is 49.2 Å². The molecule has 7 heteroatoms. The third-order valence-corrected chi connectivity index (χ3v) is 4.80. The van der Waals surface area contributed by atoms with Crippen LogP contribution in [-0.4, -0.2) is 55.7 Å². The number of rotatable bonds is 7. The number of carbonyl (C=O) groups is 1. The number of nitrogens with zero attached hydrogens (tertiary/aromatic N) is 4. The van der Waals surface area contributed by atoms with Crippen molar-refractivity contribution in [2.24, 2.45) is 0 Å². The van der Waals surface area contributed by atoms with E-state index in [1.54, 1.807) is 30.3 Å². The van der Waals surface area contributed by atoms with Crippen molar-refractivity contribution < 1.29 is 14.3 Å². The third kappa shape index (κ3) is 4.85. The molecule has 0 N–H and O–H groups in total. The summed E-state index contributed by atoms with van der Waals surface area (Å²) < 4.78 is 11.1. The fourth-order valence-corrected chi connectivity index (χ4v) is 3.26. The number of methoxy groups -OCH3 is 1. The number of allylic oxidation sites excluding steroid dienone is 1. The van der Waals surface area contributed by atoms with Crippen molar-refractivity contribution in [2.75, 3.05) is 44.8 Å². The van der Waals surface area contributed by atoms with E-state index < -0.39 is 0 Å². The molecule has 1 aromatic carbocycles. The zero-order valence-electron chi connectivity index (χ0n) is 16.5. The van der Waals surface area contributed by atoms with Gasteiger partial charge in [0.25, 0.3) is 5.91 Å². The lowest BCUT2D eigenvalue weighted by molar-refractivity contribution is -0.133. The smallest absolute Gasteiger partial charge is 0.260 e. The SMILES string of the molecule is C=CCc1ccc(OCC(=O)N2CCN(c3ncccc3C#N)CC2)c(OC)c1. The van der Waals surface area contributed by atoms with Gasteiger partial charge in [-0.15, -0.1) is 6.58 Å². The highest BCUT2D eigenvalue weighted by atomic mass is 16.5. The Kier molecular flexibility index (Phi) is 6.69. The number of hydrogen-bond donors (Lipinski definition) is 0. The van der Waals surface area contributed by atoms with E-state index in [0.29, 0.717) is 49.1 Å². The van der Waals surface area contributed by atoms with E-state index >= 15 is 0 Å². The summed E-state index contributed by atoms with van der Waals surface area (Å²) >= 11 is 0. The minimum absolute atomic E-state index is 0.0514. The lowest BCUT2D eigenvalue weighted by atomic mass is 10.1. The molecule has 29 heavy (non-hydrogen) atoms. The minimum Gasteiger partial charge on any atom is -0.493 e. The van der Waals surface area contributed by atoms with Gasteiger partial charge in [-0.05, 0) is 36.2 Å². The number of piperazine rings is 1. The maximum Gasteiger partial charge on any atom is 0.260 e. The number of hydrogen-bond acceptors (Lipinski definition) is 6. The van der Waals surface area contributed by atoms with Crippen LogP contribution in [0.3, 0.4) is 0 Å². The molecule has 3 rings (SSSR count). The number of carbonyl (C=O) groups excluding carboxylic acids is 1. The largest absolute Gasteiger partial charge is 0.493 e. The van der Waals surface area contributed by atoms with Crippen molar-refractivity contribution in [1.29, 1.82) is 5.26 Å². The van der Waals surface area contributed by atoms with Gasteiger partial charge in [0.2, 0.25) is 0 Å². The van der Waals surface area contributed by atoms with Crippen LogP contribution in [0.4, 0.5) is 5.82 Å². The molecule has 1 aromatic heterocycles. The predicted molar refractivity (Wildman–Crippen MR) is 110 cm³/mol. The van der Waals surface area contributed by atoms with E-state index in [9.17, 15) is 10.1 Å². The van der Waals surface area contributed by atoms with Gasteiger partial charge in [-0.2, -0.15) is 5.26 Å². The Morgan fingerprint density at radius 1 is 1.28 bits per heavy atom. The van der Waals surface area contributed by atoms with Gasteiger partial charge in [0.15, 0.2) is 18.1 Å². The van der Waals surface area contributed by atoms with Crippen LogP contribution < -0.4 is 14.4 Å². The fraction of sp³-hybridized carbons (Fsp3) is 0.318. The Morgan fingerprint density at radius 3 is 2.76 bits per heavy atom. The van der Waals surface area contributed by atoms with Crippen molar-refractivity contribution in [3.8, 4) is 17.6 Å². The molecule has 0 bridgehead atoms. The molecule has 0 radical (unpaired) electrons.